The van der Waals surface area contributed by atoms with Crippen molar-refractivity contribution in [3.05, 3.63) is 23.0 Å². The Balaban J connectivity index is 2.84. The molecule has 0 aromatic carbocycles. The predicted octanol–water partition coefficient (Wildman–Crippen LogP) is 3.32. The molecule has 1 rings (SSSR count). The van der Waals surface area contributed by atoms with E-state index in [1.165, 1.54) is 0 Å². The second kappa shape index (κ2) is 5.74. The Morgan fingerprint density at radius 2 is 1.94 bits per heavy atom. The monoisotopic (exact) mass is 307 g/mol. The van der Waals surface area contributed by atoms with Crippen LogP contribution in [0.1, 0.15) is 17.7 Å². The van der Waals surface area contributed by atoms with E-state index in [0.29, 0.717) is 6.20 Å². The van der Waals surface area contributed by atoms with E-state index in [4.69, 9.17) is 0 Å². The van der Waals surface area contributed by atoms with Gasteiger partial charge in [-0.05, 0) is 0 Å². The first-order valence-electron chi connectivity index (χ1n) is 4.40. The summed E-state index contributed by atoms with van der Waals surface area (Å²) < 4.78 is 82.5. The topological polar surface area (TPSA) is 47.0 Å². The fourth-order valence-electron chi connectivity index (χ4n) is 0.920. The highest BCUT2D eigenvalue weighted by Gasteiger charge is 2.23. The zero-order chi connectivity index (χ0) is 13.9. The van der Waals surface area contributed by atoms with Crippen LogP contribution in [-0.2, 0) is 9.84 Å². The second-order valence-electron chi connectivity index (χ2n) is 3.06. The van der Waals surface area contributed by atoms with Gasteiger partial charge in [0.25, 0.3) is 6.43 Å². The number of halogens is 5. The van der Waals surface area contributed by atoms with Gasteiger partial charge in [-0.2, -0.15) is 8.78 Å². The van der Waals surface area contributed by atoms with Crippen LogP contribution in [0, 0.1) is 0 Å². The number of sulfone groups is 1. The van der Waals surface area contributed by atoms with E-state index in [2.05, 4.69) is 4.98 Å². The molecule has 10 heteroatoms. The molecule has 0 atom stereocenters. The summed E-state index contributed by atoms with van der Waals surface area (Å²) in [4.78, 5) is 2.70. The lowest BCUT2D eigenvalue weighted by Gasteiger charge is -1.98. The molecule has 0 aliphatic heterocycles. The maximum atomic E-state index is 12.4. The van der Waals surface area contributed by atoms with Gasteiger partial charge < -0.3 is 0 Å². The fraction of sp³-hybridized carbons (Fsp3) is 0.375. The van der Waals surface area contributed by atoms with E-state index in [1.54, 1.807) is 0 Å². The van der Waals surface area contributed by atoms with Crippen molar-refractivity contribution in [3.8, 4) is 0 Å². The maximum absolute atomic E-state index is 12.4. The molecule has 18 heavy (non-hydrogen) atoms. The molecule has 0 aliphatic carbocycles. The van der Waals surface area contributed by atoms with Crippen molar-refractivity contribution in [1.82, 2.24) is 4.98 Å². The lowest BCUT2D eigenvalue weighted by Crippen LogP contribution is -2.06. The van der Waals surface area contributed by atoms with Gasteiger partial charge in [0.15, 0.2) is 5.83 Å². The summed E-state index contributed by atoms with van der Waals surface area (Å²) in [5.41, 5.74) is 0. The van der Waals surface area contributed by atoms with E-state index in [-0.39, 0.29) is 11.3 Å². The summed E-state index contributed by atoms with van der Waals surface area (Å²) in [5, 5.41) is 0. The van der Waals surface area contributed by atoms with Crippen LogP contribution in [0.5, 0.6) is 0 Å². The van der Waals surface area contributed by atoms with Gasteiger partial charge in [-0.15, -0.1) is 11.3 Å². The average Bonchev–Trinajstić information content (AvgIpc) is 2.75. The molecule has 0 spiro atoms. The highest BCUT2D eigenvalue weighted by molar-refractivity contribution is 7.93. The van der Waals surface area contributed by atoms with Crippen LogP contribution < -0.4 is 0 Å². The molecular weight excluding hydrogens is 301 g/mol. The van der Waals surface area contributed by atoms with Crippen LogP contribution in [0.2, 0.25) is 0 Å². The van der Waals surface area contributed by atoms with Crippen molar-refractivity contribution in [2.75, 3.05) is 5.75 Å². The summed E-state index contributed by atoms with van der Waals surface area (Å²) in [6.45, 7) is 0. The van der Waals surface area contributed by atoms with Crippen molar-refractivity contribution in [2.45, 2.75) is 17.2 Å². The number of nitrogens with zero attached hydrogens (tertiary/aromatic N) is 1. The maximum Gasteiger partial charge on any atom is 0.301 e. The number of alkyl halides is 2. The van der Waals surface area contributed by atoms with Crippen LogP contribution in [-0.4, -0.2) is 19.2 Å². The zero-order valence-electron chi connectivity index (χ0n) is 8.54. The number of allylic oxidation sites excluding steroid dienone is 1. The lowest BCUT2D eigenvalue weighted by atomic mass is 10.4. The smallest absolute Gasteiger partial charge is 0.233 e. The van der Waals surface area contributed by atoms with Crippen LogP contribution in [0.3, 0.4) is 0 Å². The Hall–Kier alpha value is -1.03. The summed E-state index contributed by atoms with van der Waals surface area (Å²) >= 11 is 0.233. The minimum atomic E-state index is -4.13. The first kappa shape index (κ1) is 15.0. The Morgan fingerprint density at radius 3 is 2.39 bits per heavy atom. The molecule has 1 aromatic heterocycles. The lowest BCUT2D eigenvalue weighted by molar-refractivity contribution is 0.155. The van der Waals surface area contributed by atoms with Gasteiger partial charge in [0, 0.05) is 12.6 Å². The molecule has 0 N–H and O–H groups in total. The standard InChI is InChI=1S/C8H6F5NO2S2/c9-4(6(10)11)1-2-18(15,16)8-14-3-5(17-8)7(12)13/h3,7H,1-2H2. The summed E-state index contributed by atoms with van der Waals surface area (Å²) in [6, 6.07) is 0. The van der Waals surface area contributed by atoms with Crippen molar-refractivity contribution in [1.29, 1.82) is 0 Å². The molecule has 102 valence electrons. The van der Waals surface area contributed by atoms with Gasteiger partial charge >= 0.3 is 6.08 Å². The number of hydrogen-bond donors (Lipinski definition) is 0. The van der Waals surface area contributed by atoms with Gasteiger partial charge in [0.2, 0.25) is 14.2 Å². The van der Waals surface area contributed by atoms with Gasteiger partial charge in [0.1, 0.15) is 0 Å². The van der Waals surface area contributed by atoms with Gasteiger partial charge in [0.05, 0.1) is 10.6 Å². The molecule has 0 unspecified atom stereocenters. The minimum Gasteiger partial charge on any atom is -0.233 e. The Morgan fingerprint density at radius 1 is 1.33 bits per heavy atom. The molecule has 3 nitrogen and oxygen atoms in total. The number of rotatable bonds is 5. The molecule has 0 aliphatic rings. The summed E-state index contributed by atoms with van der Waals surface area (Å²) in [7, 11) is -4.13. The van der Waals surface area contributed by atoms with Gasteiger partial charge in [-0.25, -0.2) is 26.6 Å². The predicted molar refractivity (Wildman–Crippen MR) is 54.1 cm³/mol. The fourth-order valence-corrected chi connectivity index (χ4v) is 3.30. The van der Waals surface area contributed by atoms with Crippen molar-refractivity contribution >= 4 is 21.2 Å². The molecular formula is C8H6F5NO2S2. The molecule has 0 saturated heterocycles. The van der Waals surface area contributed by atoms with Crippen LogP contribution in [0.4, 0.5) is 22.0 Å². The summed E-state index contributed by atoms with van der Waals surface area (Å²) in [6.07, 6.45) is -5.80. The minimum absolute atomic E-state index is 0.233. The van der Waals surface area contributed by atoms with Gasteiger partial charge in [-0.3, -0.25) is 0 Å². The molecule has 0 bridgehead atoms. The molecule has 1 aromatic rings. The van der Waals surface area contributed by atoms with Crippen LogP contribution >= 0.6 is 11.3 Å². The Labute approximate surface area is 103 Å². The highest BCUT2D eigenvalue weighted by Crippen LogP contribution is 2.28. The van der Waals surface area contributed by atoms with Gasteiger partial charge in [-0.1, -0.05) is 0 Å². The number of hydrogen-bond acceptors (Lipinski definition) is 4. The van der Waals surface area contributed by atoms with E-state index >= 15 is 0 Å². The molecule has 0 saturated carbocycles. The van der Waals surface area contributed by atoms with E-state index in [9.17, 15) is 30.4 Å². The van der Waals surface area contributed by atoms with Crippen LogP contribution in [0.15, 0.2) is 22.4 Å². The molecule has 0 amide bonds. The first-order valence-corrected chi connectivity index (χ1v) is 6.87. The molecule has 0 fully saturated rings. The van der Waals surface area contributed by atoms with E-state index < -0.39 is 49.6 Å². The Bertz CT molecular complexity index is 548. The highest BCUT2D eigenvalue weighted by atomic mass is 32.2. The molecule has 0 radical (unpaired) electrons. The van der Waals surface area contributed by atoms with Crippen LogP contribution in [0.25, 0.3) is 0 Å². The normalized spacial score (nSPS) is 11.9. The van der Waals surface area contributed by atoms with Crippen molar-refractivity contribution in [2.24, 2.45) is 0 Å². The van der Waals surface area contributed by atoms with E-state index in [1.807, 2.05) is 0 Å². The zero-order valence-corrected chi connectivity index (χ0v) is 10.2. The largest absolute Gasteiger partial charge is 0.301 e. The van der Waals surface area contributed by atoms with E-state index in [0.717, 1.165) is 0 Å². The van der Waals surface area contributed by atoms with Crippen molar-refractivity contribution in [3.63, 3.8) is 0 Å². The third-order valence-electron chi connectivity index (χ3n) is 1.78. The third kappa shape index (κ3) is 3.73. The van der Waals surface area contributed by atoms with Crippen molar-refractivity contribution < 1.29 is 30.4 Å². The number of thiazole rings is 1. The number of aromatic nitrogens is 1. The average molecular weight is 307 g/mol. The summed E-state index contributed by atoms with van der Waals surface area (Å²) in [5.74, 6) is -2.80. The second-order valence-corrected chi connectivity index (χ2v) is 6.41. The Kier molecular flexibility index (Phi) is 4.79. The third-order valence-corrected chi connectivity index (χ3v) is 4.97. The first-order chi connectivity index (χ1) is 8.24. The molecule has 1 heterocycles. The quantitative estimate of drug-likeness (QED) is 0.784. The SMILES string of the molecule is O=S(=O)(CCC(F)=C(F)F)c1ncc(C(F)F)s1.